The zero-order valence-electron chi connectivity index (χ0n) is 6.60. The predicted molar refractivity (Wildman–Crippen MR) is 37.0 cm³/mol. The second-order valence-electron chi connectivity index (χ2n) is 2.30. The maximum Gasteiger partial charge on any atom is 0.120 e. The van der Waals surface area contributed by atoms with Gasteiger partial charge in [-0.2, -0.15) is 0 Å². The van der Waals surface area contributed by atoms with E-state index in [1.165, 1.54) is 0 Å². The maximum absolute atomic E-state index is 5.28. The second-order valence-corrected chi connectivity index (χ2v) is 2.30. The van der Waals surface area contributed by atoms with Crippen molar-refractivity contribution in [3.8, 4) is 0 Å². The van der Waals surface area contributed by atoms with E-state index >= 15 is 0 Å². The lowest BCUT2D eigenvalue weighted by molar-refractivity contribution is 0.0451. The first-order valence-electron chi connectivity index (χ1n) is 3.15. The van der Waals surface area contributed by atoms with Crippen molar-refractivity contribution >= 4 is 0 Å². The van der Waals surface area contributed by atoms with Crippen molar-refractivity contribution < 1.29 is 9.47 Å². The van der Waals surface area contributed by atoms with Crippen LogP contribution in [-0.2, 0) is 9.47 Å². The van der Waals surface area contributed by atoms with Gasteiger partial charge in [0.15, 0.2) is 0 Å². The molecule has 0 aliphatic heterocycles. The van der Waals surface area contributed by atoms with Gasteiger partial charge in [-0.1, -0.05) is 0 Å². The van der Waals surface area contributed by atoms with Crippen LogP contribution < -0.4 is 0 Å². The molecule has 55 valence electrons. The highest BCUT2D eigenvalue weighted by Gasteiger charge is 2.03. The van der Waals surface area contributed by atoms with Gasteiger partial charge in [0.1, 0.15) is 6.10 Å². The molecule has 0 rings (SSSR count). The van der Waals surface area contributed by atoms with Gasteiger partial charge in [0, 0.05) is 7.11 Å². The standard InChI is InChI=1S/C7H15O2/c1-6(2)9-7(3)5-8-4/h6H,5H2,1-4H3. The van der Waals surface area contributed by atoms with Gasteiger partial charge in [0.25, 0.3) is 0 Å². The summed E-state index contributed by atoms with van der Waals surface area (Å²) in [5, 5.41) is 0. The molecule has 0 atom stereocenters. The Hall–Kier alpha value is -0.0800. The number of hydrogen-bond acceptors (Lipinski definition) is 2. The highest BCUT2D eigenvalue weighted by molar-refractivity contribution is 4.70. The fourth-order valence-electron chi connectivity index (χ4n) is 0.640. The van der Waals surface area contributed by atoms with Gasteiger partial charge in [-0.25, -0.2) is 0 Å². The van der Waals surface area contributed by atoms with Gasteiger partial charge in [-0.15, -0.1) is 0 Å². The van der Waals surface area contributed by atoms with Gasteiger partial charge in [-0.3, -0.25) is 0 Å². The molecule has 0 bridgehead atoms. The van der Waals surface area contributed by atoms with Gasteiger partial charge in [-0.05, 0) is 20.8 Å². The average Bonchev–Trinajstić information content (AvgIpc) is 1.63. The monoisotopic (exact) mass is 131 g/mol. The molecule has 0 N–H and O–H groups in total. The quantitative estimate of drug-likeness (QED) is 0.577. The van der Waals surface area contributed by atoms with Crippen LogP contribution in [0.5, 0.6) is 0 Å². The molecule has 0 aliphatic rings. The molecule has 2 heteroatoms. The highest BCUT2D eigenvalue weighted by atomic mass is 16.5. The van der Waals surface area contributed by atoms with E-state index in [1.807, 2.05) is 20.8 Å². The number of rotatable bonds is 4. The third-order valence-corrected chi connectivity index (χ3v) is 0.784. The van der Waals surface area contributed by atoms with Crippen LogP contribution in [0.4, 0.5) is 0 Å². The van der Waals surface area contributed by atoms with Crippen molar-refractivity contribution in [3.63, 3.8) is 0 Å². The molecule has 0 saturated carbocycles. The van der Waals surface area contributed by atoms with Crippen LogP contribution in [0.25, 0.3) is 0 Å². The Kier molecular flexibility index (Phi) is 4.72. The van der Waals surface area contributed by atoms with E-state index in [0.29, 0.717) is 6.61 Å². The average molecular weight is 131 g/mol. The Morgan fingerprint density at radius 1 is 1.44 bits per heavy atom. The predicted octanol–water partition coefficient (Wildman–Crippen LogP) is 1.61. The van der Waals surface area contributed by atoms with Crippen LogP contribution in [0, 0.1) is 6.10 Å². The van der Waals surface area contributed by atoms with Gasteiger partial charge < -0.3 is 9.47 Å². The summed E-state index contributed by atoms with van der Waals surface area (Å²) in [5.41, 5.74) is 0. The molecule has 0 unspecified atom stereocenters. The van der Waals surface area contributed by atoms with E-state index < -0.39 is 0 Å². The summed E-state index contributed by atoms with van der Waals surface area (Å²) >= 11 is 0. The van der Waals surface area contributed by atoms with Crippen LogP contribution >= 0.6 is 0 Å². The molecule has 0 saturated heterocycles. The number of ether oxygens (including phenoxy) is 2. The summed E-state index contributed by atoms with van der Waals surface area (Å²) in [6.07, 6.45) is 1.20. The molecule has 0 aliphatic carbocycles. The van der Waals surface area contributed by atoms with Crippen LogP contribution in [-0.4, -0.2) is 19.8 Å². The van der Waals surface area contributed by atoms with Crippen molar-refractivity contribution in [2.75, 3.05) is 13.7 Å². The lowest BCUT2D eigenvalue weighted by atomic mass is 10.4. The summed E-state index contributed by atoms with van der Waals surface area (Å²) < 4.78 is 10.1. The van der Waals surface area contributed by atoms with E-state index in [4.69, 9.17) is 9.47 Å². The Balaban J connectivity index is 3.15. The van der Waals surface area contributed by atoms with E-state index in [2.05, 4.69) is 0 Å². The first-order chi connectivity index (χ1) is 4.16. The minimum atomic E-state index is 0.264. The Bertz CT molecular complexity index is 61.9. The Morgan fingerprint density at radius 2 is 2.00 bits per heavy atom. The van der Waals surface area contributed by atoms with Crippen molar-refractivity contribution in [2.24, 2.45) is 0 Å². The second kappa shape index (κ2) is 4.77. The summed E-state index contributed by atoms with van der Waals surface area (Å²) in [4.78, 5) is 0. The topological polar surface area (TPSA) is 18.5 Å². The van der Waals surface area contributed by atoms with E-state index in [-0.39, 0.29) is 6.10 Å². The largest absolute Gasteiger partial charge is 0.382 e. The normalized spacial score (nSPS) is 11.3. The highest BCUT2D eigenvalue weighted by Crippen LogP contribution is 2.03. The van der Waals surface area contributed by atoms with Crippen LogP contribution in [0.15, 0.2) is 0 Å². The van der Waals surface area contributed by atoms with Crippen LogP contribution in [0.3, 0.4) is 0 Å². The molecule has 0 aromatic rings. The van der Waals surface area contributed by atoms with Crippen LogP contribution in [0.1, 0.15) is 20.8 Å². The molecule has 0 aromatic carbocycles. The van der Waals surface area contributed by atoms with Crippen LogP contribution in [0.2, 0.25) is 0 Å². The lowest BCUT2D eigenvalue weighted by Gasteiger charge is -2.12. The number of hydrogen-bond donors (Lipinski definition) is 0. The molecule has 9 heavy (non-hydrogen) atoms. The number of methoxy groups -OCH3 is 1. The molecule has 0 fully saturated rings. The molecule has 2 nitrogen and oxygen atoms in total. The van der Waals surface area contributed by atoms with Gasteiger partial charge >= 0.3 is 0 Å². The zero-order chi connectivity index (χ0) is 7.28. The molecule has 0 heterocycles. The maximum atomic E-state index is 5.28. The minimum Gasteiger partial charge on any atom is -0.382 e. The zero-order valence-corrected chi connectivity index (χ0v) is 6.60. The molecule has 1 radical (unpaired) electrons. The summed E-state index contributed by atoms with van der Waals surface area (Å²) in [5.74, 6) is 0. The van der Waals surface area contributed by atoms with Crippen molar-refractivity contribution in [1.29, 1.82) is 0 Å². The molecular formula is C7H15O2. The van der Waals surface area contributed by atoms with Gasteiger partial charge in [0.05, 0.1) is 12.7 Å². The van der Waals surface area contributed by atoms with Gasteiger partial charge in [0.2, 0.25) is 0 Å². The molecule has 0 spiro atoms. The Morgan fingerprint density at radius 3 is 2.33 bits per heavy atom. The molecule has 0 amide bonds. The fraction of sp³-hybridized carbons (Fsp3) is 0.857. The van der Waals surface area contributed by atoms with E-state index in [0.717, 1.165) is 6.10 Å². The fourth-order valence-corrected chi connectivity index (χ4v) is 0.640. The third-order valence-electron chi connectivity index (χ3n) is 0.784. The summed E-state index contributed by atoms with van der Waals surface area (Å²) in [7, 11) is 1.66. The Labute approximate surface area is 57.2 Å². The molecular weight excluding hydrogens is 116 g/mol. The van der Waals surface area contributed by atoms with E-state index in [9.17, 15) is 0 Å². The lowest BCUT2D eigenvalue weighted by Crippen LogP contribution is -2.11. The van der Waals surface area contributed by atoms with Crippen molar-refractivity contribution in [1.82, 2.24) is 0 Å². The smallest absolute Gasteiger partial charge is 0.120 e. The SMILES string of the molecule is COC[C](C)OC(C)C. The van der Waals surface area contributed by atoms with E-state index in [1.54, 1.807) is 7.11 Å². The third kappa shape index (κ3) is 5.80. The summed E-state index contributed by atoms with van der Waals surface area (Å²) in [6, 6.07) is 0. The summed E-state index contributed by atoms with van der Waals surface area (Å²) in [6.45, 7) is 6.51. The van der Waals surface area contributed by atoms with Crippen molar-refractivity contribution in [2.45, 2.75) is 26.9 Å². The van der Waals surface area contributed by atoms with Crippen molar-refractivity contribution in [3.05, 3.63) is 6.10 Å². The first kappa shape index (κ1) is 8.92. The first-order valence-corrected chi connectivity index (χ1v) is 3.15. The molecule has 0 aromatic heterocycles. The minimum absolute atomic E-state index is 0.264.